The molecule has 2 aromatic heterocycles. The number of rotatable bonds is 5. The van der Waals surface area contributed by atoms with Gasteiger partial charge in [0.15, 0.2) is 17.4 Å². The van der Waals surface area contributed by atoms with Crippen molar-refractivity contribution < 1.29 is 22.7 Å². The van der Waals surface area contributed by atoms with Crippen LogP contribution in [0.15, 0.2) is 54.7 Å². The molecule has 4 rings (SSSR count). The van der Waals surface area contributed by atoms with E-state index in [2.05, 4.69) is 30.6 Å². The maximum Gasteiger partial charge on any atom is 0.573 e. The van der Waals surface area contributed by atoms with Gasteiger partial charge in [-0.2, -0.15) is 0 Å². The van der Waals surface area contributed by atoms with Crippen molar-refractivity contribution >= 4 is 29.2 Å². The van der Waals surface area contributed by atoms with Crippen molar-refractivity contribution in [3.8, 4) is 5.75 Å². The topological polar surface area (TPSA) is 95.5 Å². The Morgan fingerprint density at radius 3 is 2.44 bits per heavy atom. The Kier molecular flexibility index (Phi) is 6.66. The van der Waals surface area contributed by atoms with Crippen LogP contribution in [0.5, 0.6) is 5.75 Å². The lowest BCUT2D eigenvalue weighted by Crippen LogP contribution is -2.50. The van der Waals surface area contributed by atoms with Crippen LogP contribution in [-0.2, 0) is 0 Å². The van der Waals surface area contributed by atoms with Crippen molar-refractivity contribution in [3.63, 3.8) is 0 Å². The van der Waals surface area contributed by atoms with Gasteiger partial charge < -0.3 is 25.2 Å². The van der Waals surface area contributed by atoms with E-state index in [4.69, 9.17) is 0 Å². The summed E-state index contributed by atoms with van der Waals surface area (Å²) in [5.41, 5.74) is 1.02. The molecule has 1 fully saturated rings. The van der Waals surface area contributed by atoms with Crippen LogP contribution in [0.3, 0.4) is 0 Å². The maximum absolute atomic E-state index is 12.6. The smallest absolute Gasteiger partial charge is 0.404 e. The number of para-hydroxylation sites is 2. The minimum absolute atomic E-state index is 0.0516. The molecule has 0 saturated carbocycles. The molecule has 0 spiro atoms. The summed E-state index contributed by atoms with van der Waals surface area (Å²) in [5.74, 6) is 1.42. The minimum Gasteiger partial charge on any atom is -0.404 e. The fourth-order valence-corrected chi connectivity index (χ4v) is 3.41. The molecule has 0 unspecified atom stereocenters. The van der Waals surface area contributed by atoms with Crippen LogP contribution < -0.4 is 20.3 Å². The number of benzene rings is 1. The highest BCUT2D eigenvalue weighted by atomic mass is 19.4. The van der Waals surface area contributed by atoms with Crippen molar-refractivity contribution in [2.24, 2.45) is 0 Å². The Balaban J connectivity index is 1.31. The molecule has 0 atom stereocenters. The van der Waals surface area contributed by atoms with Crippen molar-refractivity contribution in [2.45, 2.75) is 13.3 Å². The standard InChI is InChI=1S/C22H22F3N7O2/c1-15-8-9-26-19(14-15)28-18-6-7-20(30-29-18)31-10-12-32(13-11-31)21(33)27-16-4-2-3-5-17(16)34-22(23,24)25/h2-9,14H,10-13H2,1H3,(H,27,33)(H,26,28,29). The fraction of sp³-hybridized carbons (Fsp3) is 0.273. The third-order valence-electron chi connectivity index (χ3n) is 5.07. The van der Waals surface area contributed by atoms with Crippen LogP contribution in [0.1, 0.15) is 5.56 Å². The molecule has 3 aromatic rings. The van der Waals surface area contributed by atoms with E-state index in [0.717, 1.165) is 11.6 Å². The second-order valence-electron chi connectivity index (χ2n) is 7.57. The van der Waals surface area contributed by atoms with Gasteiger partial charge in [-0.1, -0.05) is 12.1 Å². The first-order valence-electron chi connectivity index (χ1n) is 10.5. The normalized spacial score (nSPS) is 14.0. The quantitative estimate of drug-likeness (QED) is 0.574. The Labute approximate surface area is 193 Å². The molecule has 12 heteroatoms. The second-order valence-corrected chi connectivity index (χ2v) is 7.57. The van der Waals surface area contributed by atoms with Crippen molar-refractivity contribution in [1.29, 1.82) is 0 Å². The number of hydrogen-bond acceptors (Lipinski definition) is 7. The Bertz CT molecular complexity index is 1130. The Morgan fingerprint density at radius 2 is 1.76 bits per heavy atom. The van der Waals surface area contributed by atoms with Gasteiger partial charge in [-0.15, -0.1) is 23.4 Å². The van der Waals surface area contributed by atoms with E-state index in [1.807, 2.05) is 30.0 Å². The lowest BCUT2D eigenvalue weighted by atomic mass is 10.3. The second kappa shape index (κ2) is 9.81. The van der Waals surface area contributed by atoms with E-state index in [9.17, 15) is 18.0 Å². The predicted molar refractivity (Wildman–Crippen MR) is 120 cm³/mol. The molecule has 1 aromatic carbocycles. The summed E-state index contributed by atoms with van der Waals surface area (Å²) < 4.78 is 41.8. The summed E-state index contributed by atoms with van der Waals surface area (Å²) in [5, 5.41) is 14.0. The first-order valence-corrected chi connectivity index (χ1v) is 10.5. The monoisotopic (exact) mass is 473 g/mol. The van der Waals surface area contributed by atoms with Crippen LogP contribution in [0, 0.1) is 6.92 Å². The molecular formula is C22H22F3N7O2. The molecule has 34 heavy (non-hydrogen) atoms. The first kappa shape index (κ1) is 23.1. The highest BCUT2D eigenvalue weighted by molar-refractivity contribution is 5.91. The molecule has 3 heterocycles. The molecule has 2 N–H and O–H groups in total. The van der Waals surface area contributed by atoms with Gasteiger partial charge in [0.2, 0.25) is 0 Å². The number of halogens is 3. The first-order chi connectivity index (χ1) is 16.3. The zero-order valence-electron chi connectivity index (χ0n) is 18.2. The van der Waals surface area contributed by atoms with Crippen molar-refractivity contribution in [3.05, 3.63) is 60.3 Å². The summed E-state index contributed by atoms with van der Waals surface area (Å²) >= 11 is 0. The molecule has 178 valence electrons. The van der Waals surface area contributed by atoms with E-state index >= 15 is 0 Å². The molecule has 1 aliphatic rings. The SMILES string of the molecule is Cc1ccnc(Nc2ccc(N3CCN(C(=O)Nc4ccccc4OC(F)(F)F)CC3)nn2)c1. The number of hydrogen-bond donors (Lipinski definition) is 2. The fourth-order valence-electron chi connectivity index (χ4n) is 3.41. The van der Waals surface area contributed by atoms with E-state index in [0.29, 0.717) is 43.6 Å². The number of urea groups is 1. The van der Waals surface area contributed by atoms with Crippen LogP contribution in [0.4, 0.5) is 41.1 Å². The minimum atomic E-state index is -4.85. The number of aromatic nitrogens is 3. The van der Waals surface area contributed by atoms with Crippen molar-refractivity contribution in [1.82, 2.24) is 20.1 Å². The predicted octanol–water partition coefficient (Wildman–Crippen LogP) is 4.18. The van der Waals surface area contributed by atoms with Gasteiger partial charge in [0.1, 0.15) is 5.82 Å². The highest BCUT2D eigenvalue weighted by Crippen LogP contribution is 2.30. The highest BCUT2D eigenvalue weighted by Gasteiger charge is 2.32. The molecule has 0 radical (unpaired) electrons. The molecule has 0 aliphatic carbocycles. The van der Waals surface area contributed by atoms with Crippen LogP contribution in [-0.4, -0.2) is 58.7 Å². The number of pyridine rings is 1. The van der Waals surface area contributed by atoms with E-state index < -0.39 is 18.1 Å². The van der Waals surface area contributed by atoms with Gasteiger partial charge >= 0.3 is 12.4 Å². The average Bonchev–Trinajstić information content (AvgIpc) is 2.80. The van der Waals surface area contributed by atoms with Crippen molar-refractivity contribution in [2.75, 3.05) is 41.7 Å². The van der Waals surface area contributed by atoms with Crippen LogP contribution in [0.25, 0.3) is 0 Å². The Hall–Kier alpha value is -4.09. The van der Waals surface area contributed by atoms with Crippen LogP contribution in [0.2, 0.25) is 0 Å². The number of carbonyl (C=O) groups is 1. The van der Waals surface area contributed by atoms with E-state index in [-0.39, 0.29) is 5.69 Å². The number of alkyl halides is 3. The summed E-state index contributed by atoms with van der Waals surface area (Å²) in [6, 6.07) is 12.3. The van der Waals surface area contributed by atoms with E-state index in [1.165, 1.54) is 23.1 Å². The maximum atomic E-state index is 12.6. The largest absolute Gasteiger partial charge is 0.573 e. The number of amides is 2. The molecule has 1 aliphatic heterocycles. The van der Waals surface area contributed by atoms with E-state index in [1.54, 1.807) is 12.3 Å². The molecule has 2 amide bonds. The number of ether oxygens (including phenoxy) is 1. The summed E-state index contributed by atoms with van der Waals surface area (Å²) in [7, 11) is 0. The van der Waals surface area contributed by atoms with Gasteiger partial charge in [-0.3, -0.25) is 0 Å². The summed E-state index contributed by atoms with van der Waals surface area (Å²) in [6.07, 6.45) is -3.15. The molecular weight excluding hydrogens is 451 g/mol. The number of nitrogens with one attached hydrogen (secondary N) is 2. The zero-order chi connectivity index (χ0) is 24.1. The van der Waals surface area contributed by atoms with Gasteiger partial charge in [0.05, 0.1) is 5.69 Å². The number of carbonyl (C=O) groups excluding carboxylic acids is 1. The molecule has 1 saturated heterocycles. The number of piperazine rings is 1. The number of anilines is 4. The van der Waals surface area contributed by atoms with Gasteiger partial charge in [0, 0.05) is 32.4 Å². The van der Waals surface area contributed by atoms with Crippen LogP contribution >= 0.6 is 0 Å². The van der Waals surface area contributed by atoms with Gasteiger partial charge in [0.25, 0.3) is 0 Å². The lowest BCUT2D eigenvalue weighted by molar-refractivity contribution is -0.274. The van der Waals surface area contributed by atoms with Gasteiger partial charge in [-0.05, 0) is 48.9 Å². The molecule has 0 bridgehead atoms. The lowest BCUT2D eigenvalue weighted by Gasteiger charge is -2.35. The molecule has 9 nitrogen and oxygen atoms in total. The van der Waals surface area contributed by atoms with Gasteiger partial charge in [-0.25, -0.2) is 9.78 Å². The number of nitrogens with zero attached hydrogens (tertiary/aromatic N) is 5. The number of aryl methyl sites for hydroxylation is 1. The third-order valence-corrected chi connectivity index (χ3v) is 5.07. The summed E-state index contributed by atoms with van der Waals surface area (Å²) in [4.78, 5) is 20.3. The third kappa shape index (κ3) is 6.03. The summed E-state index contributed by atoms with van der Waals surface area (Å²) in [6.45, 7) is 3.69. The average molecular weight is 473 g/mol. The Morgan fingerprint density at radius 1 is 1.00 bits per heavy atom. The zero-order valence-corrected chi connectivity index (χ0v) is 18.2.